The van der Waals surface area contributed by atoms with Crippen molar-refractivity contribution in [3.05, 3.63) is 40.5 Å². The van der Waals surface area contributed by atoms with Gasteiger partial charge in [0.1, 0.15) is 17.0 Å². The number of nitrogen functional groups attached to an aromatic ring is 1. The molecule has 2 aliphatic rings. The highest BCUT2D eigenvalue weighted by atomic mass is 32.1. The fraction of sp³-hybridized carbons (Fsp3) is 0.316. The molecular weight excluding hydrogens is 364 g/mol. The molecule has 2 aromatic heterocycles. The number of benzene rings is 1. The minimum atomic E-state index is 0.162. The van der Waals surface area contributed by atoms with E-state index in [2.05, 4.69) is 9.97 Å². The van der Waals surface area contributed by atoms with Crippen LogP contribution in [0.1, 0.15) is 22.4 Å². The first-order valence-corrected chi connectivity index (χ1v) is 9.68. The van der Waals surface area contributed by atoms with Crippen LogP contribution in [0.25, 0.3) is 10.2 Å². The van der Waals surface area contributed by atoms with Crippen LogP contribution in [0.4, 0.5) is 5.82 Å². The number of nitrogens with two attached hydrogens (primary N) is 1. The molecule has 3 aromatic rings. The van der Waals surface area contributed by atoms with Gasteiger partial charge in [-0.2, -0.15) is 0 Å². The van der Waals surface area contributed by atoms with Crippen LogP contribution >= 0.6 is 11.3 Å². The maximum atomic E-state index is 12.7. The Balaban J connectivity index is 1.28. The lowest BCUT2D eigenvalue weighted by Crippen LogP contribution is -2.35. The molecule has 7 nitrogen and oxygen atoms in total. The van der Waals surface area contributed by atoms with Crippen molar-refractivity contribution in [2.45, 2.75) is 25.8 Å². The first-order valence-electron chi connectivity index (χ1n) is 8.86. The average molecular weight is 382 g/mol. The average Bonchev–Trinajstić information content (AvgIpc) is 3.29. The predicted octanol–water partition coefficient (Wildman–Crippen LogP) is 2.52. The van der Waals surface area contributed by atoms with E-state index in [1.165, 1.54) is 16.8 Å². The number of amides is 1. The Labute approximate surface area is 159 Å². The Morgan fingerprint density at radius 3 is 3.07 bits per heavy atom. The summed E-state index contributed by atoms with van der Waals surface area (Å²) in [5.41, 5.74) is 8.31. The summed E-state index contributed by atoms with van der Waals surface area (Å²) < 4.78 is 10.7. The van der Waals surface area contributed by atoms with E-state index in [0.717, 1.165) is 33.7 Å². The van der Waals surface area contributed by atoms with E-state index in [9.17, 15) is 4.79 Å². The molecule has 0 radical (unpaired) electrons. The maximum absolute atomic E-state index is 12.7. The van der Waals surface area contributed by atoms with Crippen LogP contribution in [-0.2, 0) is 24.2 Å². The van der Waals surface area contributed by atoms with E-state index in [0.29, 0.717) is 31.7 Å². The zero-order valence-electron chi connectivity index (χ0n) is 14.6. The normalized spacial score (nSPS) is 15.2. The van der Waals surface area contributed by atoms with Crippen molar-refractivity contribution in [3.8, 4) is 11.5 Å². The van der Waals surface area contributed by atoms with Crippen molar-refractivity contribution in [2.24, 2.45) is 0 Å². The summed E-state index contributed by atoms with van der Waals surface area (Å²) >= 11 is 1.61. The number of aryl methyl sites for hydroxylation is 1. The molecule has 0 aliphatic carbocycles. The van der Waals surface area contributed by atoms with E-state index in [4.69, 9.17) is 15.2 Å². The molecule has 2 aliphatic heterocycles. The molecule has 5 rings (SSSR count). The smallest absolute Gasteiger partial charge is 0.231 e. The van der Waals surface area contributed by atoms with E-state index in [-0.39, 0.29) is 12.7 Å². The molecule has 0 saturated carbocycles. The minimum absolute atomic E-state index is 0.162. The summed E-state index contributed by atoms with van der Waals surface area (Å²) in [5.74, 6) is 2.21. The minimum Gasteiger partial charge on any atom is -0.454 e. The summed E-state index contributed by atoms with van der Waals surface area (Å²) in [6.07, 6.45) is 3.45. The third-order valence-electron chi connectivity index (χ3n) is 5.08. The molecule has 0 bridgehead atoms. The number of thiophene rings is 1. The van der Waals surface area contributed by atoms with Crippen molar-refractivity contribution in [1.29, 1.82) is 0 Å². The van der Waals surface area contributed by atoms with Gasteiger partial charge in [-0.25, -0.2) is 9.97 Å². The molecule has 1 amide bonds. The van der Waals surface area contributed by atoms with Crippen LogP contribution in [0.5, 0.6) is 11.5 Å². The molecule has 138 valence electrons. The Hall–Kier alpha value is -2.87. The second kappa shape index (κ2) is 6.38. The first kappa shape index (κ1) is 16.3. The van der Waals surface area contributed by atoms with Crippen molar-refractivity contribution in [3.63, 3.8) is 0 Å². The number of hydrogen-bond acceptors (Lipinski definition) is 7. The van der Waals surface area contributed by atoms with Gasteiger partial charge < -0.3 is 20.1 Å². The lowest BCUT2D eigenvalue weighted by atomic mass is 10.0. The van der Waals surface area contributed by atoms with Gasteiger partial charge in [-0.15, -0.1) is 11.3 Å². The summed E-state index contributed by atoms with van der Waals surface area (Å²) in [6, 6.07) is 5.85. The predicted molar refractivity (Wildman–Crippen MR) is 102 cm³/mol. The molecule has 27 heavy (non-hydrogen) atoms. The number of fused-ring (bicyclic) bond motifs is 4. The van der Waals surface area contributed by atoms with Crippen molar-refractivity contribution < 1.29 is 14.3 Å². The molecule has 8 heteroatoms. The number of anilines is 1. The Morgan fingerprint density at radius 1 is 1.26 bits per heavy atom. The fourth-order valence-corrected chi connectivity index (χ4v) is 4.88. The molecule has 0 atom stereocenters. The van der Waals surface area contributed by atoms with Crippen LogP contribution in [0.3, 0.4) is 0 Å². The highest BCUT2D eigenvalue weighted by Gasteiger charge is 2.25. The van der Waals surface area contributed by atoms with Gasteiger partial charge in [-0.05, 0) is 36.1 Å². The van der Waals surface area contributed by atoms with E-state index in [1.807, 2.05) is 23.1 Å². The topological polar surface area (TPSA) is 90.6 Å². The van der Waals surface area contributed by atoms with Crippen LogP contribution in [0, 0.1) is 0 Å². The number of carbonyl (C=O) groups excluding carboxylic acids is 1. The van der Waals surface area contributed by atoms with E-state index < -0.39 is 0 Å². The second-order valence-corrected chi connectivity index (χ2v) is 7.78. The van der Waals surface area contributed by atoms with Gasteiger partial charge in [-0.1, -0.05) is 6.07 Å². The van der Waals surface area contributed by atoms with Crippen molar-refractivity contribution >= 4 is 33.3 Å². The first-order chi connectivity index (χ1) is 13.2. The lowest BCUT2D eigenvalue weighted by Gasteiger charge is -2.27. The molecule has 0 fully saturated rings. The van der Waals surface area contributed by atoms with Crippen molar-refractivity contribution in [1.82, 2.24) is 14.9 Å². The van der Waals surface area contributed by atoms with Crippen LogP contribution in [-0.4, -0.2) is 34.1 Å². The van der Waals surface area contributed by atoms with Gasteiger partial charge in [0.15, 0.2) is 11.5 Å². The largest absolute Gasteiger partial charge is 0.454 e. The second-order valence-electron chi connectivity index (χ2n) is 6.70. The van der Waals surface area contributed by atoms with Crippen LogP contribution < -0.4 is 15.2 Å². The van der Waals surface area contributed by atoms with Gasteiger partial charge >= 0.3 is 0 Å². The Bertz CT molecular complexity index is 1050. The lowest BCUT2D eigenvalue weighted by molar-refractivity contribution is -0.132. The van der Waals surface area contributed by atoms with Gasteiger partial charge in [0.25, 0.3) is 0 Å². The number of nitrogens with zero attached hydrogens (tertiary/aromatic N) is 3. The molecular formula is C19H18N4O3S. The van der Waals surface area contributed by atoms with E-state index in [1.54, 1.807) is 11.3 Å². The summed E-state index contributed by atoms with van der Waals surface area (Å²) in [7, 11) is 0. The zero-order valence-corrected chi connectivity index (χ0v) is 15.4. The Morgan fingerprint density at radius 2 is 2.15 bits per heavy atom. The standard InChI is InChI=1S/C19H18N4O3S/c20-18-17-12-5-6-23(8-15(12)27-19(17)22-9-21-18)16(24)4-2-11-1-3-13-14(7-11)26-10-25-13/h1,3,7,9H,2,4-6,8,10H2,(H2,20,21,22). The molecule has 0 spiro atoms. The summed E-state index contributed by atoms with van der Waals surface area (Å²) in [6.45, 7) is 1.58. The highest BCUT2D eigenvalue weighted by Crippen LogP contribution is 2.36. The zero-order chi connectivity index (χ0) is 18.4. The van der Waals surface area contributed by atoms with Gasteiger partial charge in [0.2, 0.25) is 12.7 Å². The van der Waals surface area contributed by atoms with Gasteiger partial charge in [-0.3, -0.25) is 4.79 Å². The molecule has 0 saturated heterocycles. The van der Waals surface area contributed by atoms with Gasteiger partial charge in [0.05, 0.1) is 11.9 Å². The molecule has 4 heterocycles. The van der Waals surface area contributed by atoms with Crippen molar-refractivity contribution in [2.75, 3.05) is 19.1 Å². The number of ether oxygens (including phenoxy) is 2. The number of carbonyl (C=O) groups is 1. The molecule has 1 aromatic carbocycles. The number of aromatic nitrogens is 2. The van der Waals surface area contributed by atoms with Gasteiger partial charge in [0, 0.05) is 17.8 Å². The van der Waals surface area contributed by atoms with E-state index >= 15 is 0 Å². The van der Waals surface area contributed by atoms with Crippen LogP contribution in [0.15, 0.2) is 24.5 Å². The monoisotopic (exact) mass is 382 g/mol. The third-order valence-corrected chi connectivity index (χ3v) is 6.21. The third kappa shape index (κ3) is 2.86. The molecule has 2 N–H and O–H groups in total. The number of rotatable bonds is 3. The SMILES string of the molecule is Nc1ncnc2sc3c(c12)CCN(C(=O)CCc1ccc2c(c1)OCO2)C3. The summed E-state index contributed by atoms with van der Waals surface area (Å²) in [4.78, 5) is 25.1. The fourth-order valence-electron chi connectivity index (χ4n) is 3.67. The summed E-state index contributed by atoms with van der Waals surface area (Å²) in [5, 5.41) is 0.963. The molecule has 0 unspecified atom stereocenters. The Kier molecular flexibility index (Phi) is 3.86. The quantitative estimate of drug-likeness (QED) is 0.749. The maximum Gasteiger partial charge on any atom is 0.231 e. The highest BCUT2D eigenvalue weighted by molar-refractivity contribution is 7.19. The number of hydrogen-bond donors (Lipinski definition) is 1. The van der Waals surface area contributed by atoms with Crippen LogP contribution in [0.2, 0.25) is 0 Å².